The fourth-order valence-corrected chi connectivity index (χ4v) is 3.39. The first-order chi connectivity index (χ1) is 11.3. The van der Waals surface area contributed by atoms with Crippen LogP contribution in [0.1, 0.15) is 36.8 Å². The third kappa shape index (κ3) is 3.15. The van der Waals surface area contributed by atoms with E-state index in [9.17, 15) is 4.79 Å². The van der Waals surface area contributed by atoms with Gasteiger partial charge in [0.1, 0.15) is 17.9 Å². The standard InChI is InChI=1S/C20H23NO2/c1-21-20(14-8-7-13-19(20)22)17-11-5-6-12-18(17)23-15-16-9-3-2-4-10-16/h2-6,9-12,21H,7-8,13-15H2,1H3. The molecular weight excluding hydrogens is 286 g/mol. The Labute approximate surface area is 137 Å². The summed E-state index contributed by atoms with van der Waals surface area (Å²) < 4.78 is 6.06. The molecule has 0 aromatic heterocycles. The summed E-state index contributed by atoms with van der Waals surface area (Å²) in [7, 11) is 1.87. The van der Waals surface area contributed by atoms with Crippen molar-refractivity contribution in [2.24, 2.45) is 0 Å². The monoisotopic (exact) mass is 309 g/mol. The lowest BCUT2D eigenvalue weighted by Gasteiger charge is -2.37. The molecule has 0 bridgehead atoms. The van der Waals surface area contributed by atoms with Gasteiger partial charge in [-0.25, -0.2) is 0 Å². The molecule has 1 N–H and O–H groups in total. The van der Waals surface area contributed by atoms with Crippen LogP contribution >= 0.6 is 0 Å². The second kappa shape index (κ2) is 6.97. The number of carbonyl (C=O) groups is 1. The van der Waals surface area contributed by atoms with Crippen molar-refractivity contribution in [2.75, 3.05) is 7.05 Å². The summed E-state index contributed by atoms with van der Waals surface area (Å²) in [5, 5.41) is 3.29. The van der Waals surface area contributed by atoms with E-state index in [0.29, 0.717) is 13.0 Å². The van der Waals surface area contributed by atoms with E-state index in [0.717, 1.165) is 36.1 Å². The van der Waals surface area contributed by atoms with Gasteiger partial charge >= 0.3 is 0 Å². The van der Waals surface area contributed by atoms with Gasteiger partial charge in [0.2, 0.25) is 0 Å². The largest absolute Gasteiger partial charge is 0.489 e. The van der Waals surface area contributed by atoms with Crippen molar-refractivity contribution in [1.29, 1.82) is 0 Å². The molecule has 1 unspecified atom stereocenters. The molecular formula is C20H23NO2. The minimum absolute atomic E-state index is 0.266. The van der Waals surface area contributed by atoms with Crippen molar-refractivity contribution in [3.05, 3.63) is 65.7 Å². The number of ether oxygens (including phenoxy) is 1. The van der Waals surface area contributed by atoms with Gasteiger partial charge in [0.05, 0.1) is 0 Å². The molecule has 3 nitrogen and oxygen atoms in total. The molecule has 0 heterocycles. The molecule has 1 aliphatic rings. The Morgan fingerprint density at radius 1 is 1.04 bits per heavy atom. The average Bonchev–Trinajstić information content (AvgIpc) is 2.62. The Kier molecular flexibility index (Phi) is 4.77. The number of hydrogen-bond donors (Lipinski definition) is 1. The molecule has 0 saturated heterocycles. The highest BCUT2D eigenvalue weighted by Gasteiger charge is 2.41. The highest BCUT2D eigenvalue weighted by Crippen LogP contribution is 2.39. The number of likely N-dealkylation sites (N-methyl/N-ethyl adjacent to an activating group) is 1. The van der Waals surface area contributed by atoms with Gasteiger partial charge in [-0.05, 0) is 31.5 Å². The Hall–Kier alpha value is -2.13. The quantitative estimate of drug-likeness (QED) is 0.912. The Bertz CT molecular complexity index is 668. The van der Waals surface area contributed by atoms with Gasteiger partial charge in [0.15, 0.2) is 5.78 Å². The molecule has 2 aromatic carbocycles. The molecule has 0 aliphatic heterocycles. The summed E-state index contributed by atoms with van der Waals surface area (Å²) in [4.78, 5) is 12.7. The number of benzene rings is 2. The van der Waals surface area contributed by atoms with E-state index in [1.165, 1.54) is 0 Å². The Morgan fingerprint density at radius 2 is 1.78 bits per heavy atom. The fraction of sp³-hybridized carbons (Fsp3) is 0.350. The van der Waals surface area contributed by atoms with Crippen molar-refractivity contribution in [1.82, 2.24) is 5.32 Å². The first-order valence-electron chi connectivity index (χ1n) is 8.25. The molecule has 0 radical (unpaired) electrons. The average molecular weight is 309 g/mol. The zero-order valence-electron chi connectivity index (χ0n) is 13.5. The second-order valence-electron chi connectivity index (χ2n) is 6.06. The summed E-state index contributed by atoms with van der Waals surface area (Å²) >= 11 is 0. The van der Waals surface area contributed by atoms with Crippen molar-refractivity contribution < 1.29 is 9.53 Å². The number of rotatable bonds is 5. The van der Waals surface area contributed by atoms with Crippen LogP contribution in [0.4, 0.5) is 0 Å². The van der Waals surface area contributed by atoms with Crippen LogP contribution < -0.4 is 10.1 Å². The summed E-state index contributed by atoms with van der Waals surface area (Å²) in [6, 6.07) is 18.0. The molecule has 0 spiro atoms. The van der Waals surface area contributed by atoms with Crippen LogP contribution in [0.15, 0.2) is 54.6 Å². The maximum atomic E-state index is 12.7. The first-order valence-corrected chi connectivity index (χ1v) is 8.25. The van der Waals surface area contributed by atoms with Gasteiger partial charge in [0, 0.05) is 12.0 Å². The minimum Gasteiger partial charge on any atom is -0.489 e. The number of carbonyl (C=O) groups excluding carboxylic acids is 1. The third-order valence-corrected chi connectivity index (χ3v) is 4.69. The molecule has 2 aromatic rings. The lowest BCUT2D eigenvalue weighted by molar-refractivity contribution is -0.127. The van der Waals surface area contributed by atoms with Crippen molar-refractivity contribution in [3.8, 4) is 5.75 Å². The van der Waals surface area contributed by atoms with E-state index < -0.39 is 5.54 Å². The maximum Gasteiger partial charge on any atom is 0.157 e. The highest BCUT2D eigenvalue weighted by atomic mass is 16.5. The smallest absolute Gasteiger partial charge is 0.157 e. The zero-order chi connectivity index (χ0) is 16.1. The van der Waals surface area contributed by atoms with Crippen molar-refractivity contribution in [2.45, 2.75) is 37.8 Å². The normalized spacial score (nSPS) is 21.2. The molecule has 3 rings (SSSR count). The molecule has 1 saturated carbocycles. The van der Waals surface area contributed by atoms with Crippen LogP contribution in [0.2, 0.25) is 0 Å². The molecule has 1 fully saturated rings. The molecule has 3 heteroatoms. The SMILES string of the molecule is CNC1(c2ccccc2OCc2ccccc2)CCCCC1=O. The summed E-state index contributed by atoms with van der Waals surface area (Å²) in [6.45, 7) is 0.506. The van der Waals surface area contributed by atoms with Gasteiger partial charge in [-0.3, -0.25) is 4.79 Å². The van der Waals surface area contributed by atoms with Crippen LogP contribution in [-0.2, 0) is 16.9 Å². The van der Waals surface area contributed by atoms with Crippen LogP contribution in [0.5, 0.6) is 5.75 Å². The number of hydrogen-bond acceptors (Lipinski definition) is 3. The number of ketones is 1. The lowest BCUT2D eigenvalue weighted by Crippen LogP contribution is -2.49. The van der Waals surface area contributed by atoms with E-state index in [4.69, 9.17) is 4.74 Å². The van der Waals surface area contributed by atoms with E-state index in [2.05, 4.69) is 5.32 Å². The van der Waals surface area contributed by atoms with Crippen LogP contribution in [0, 0.1) is 0 Å². The molecule has 120 valence electrons. The second-order valence-corrected chi connectivity index (χ2v) is 6.06. The zero-order valence-corrected chi connectivity index (χ0v) is 13.5. The Morgan fingerprint density at radius 3 is 2.52 bits per heavy atom. The van der Waals surface area contributed by atoms with E-state index in [1.54, 1.807) is 0 Å². The van der Waals surface area contributed by atoms with Crippen molar-refractivity contribution in [3.63, 3.8) is 0 Å². The van der Waals surface area contributed by atoms with Crippen LogP contribution in [0.25, 0.3) is 0 Å². The number of para-hydroxylation sites is 1. The summed E-state index contributed by atoms with van der Waals surface area (Å²) in [5.74, 6) is 1.06. The van der Waals surface area contributed by atoms with Crippen molar-refractivity contribution >= 4 is 5.78 Å². The van der Waals surface area contributed by atoms with Gasteiger partial charge in [0.25, 0.3) is 0 Å². The predicted octanol–water partition coefficient (Wildman–Crippen LogP) is 3.82. The van der Waals surface area contributed by atoms with E-state index in [-0.39, 0.29) is 5.78 Å². The van der Waals surface area contributed by atoms with Crippen LogP contribution in [-0.4, -0.2) is 12.8 Å². The molecule has 1 atom stereocenters. The fourth-order valence-electron chi connectivity index (χ4n) is 3.39. The van der Waals surface area contributed by atoms with Gasteiger partial charge in [-0.2, -0.15) is 0 Å². The van der Waals surface area contributed by atoms with Gasteiger partial charge in [-0.1, -0.05) is 55.0 Å². The first kappa shape index (κ1) is 15.8. The van der Waals surface area contributed by atoms with Gasteiger partial charge < -0.3 is 10.1 Å². The minimum atomic E-state index is -0.606. The topological polar surface area (TPSA) is 38.3 Å². The third-order valence-electron chi connectivity index (χ3n) is 4.69. The van der Waals surface area contributed by atoms with E-state index >= 15 is 0 Å². The van der Waals surface area contributed by atoms with Crippen LogP contribution in [0.3, 0.4) is 0 Å². The van der Waals surface area contributed by atoms with E-state index in [1.807, 2.05) is 61.6 Å². The summed E-state index contributed by atoms with van der Waals surface area (Å²) in [5.41, 5.74) is 1.48. The summed E-state index contributed by atoms with van der Waals surface area (Å²) in [6.07, 6.45) is 3.50. The molecule has 1 aliphatic carbocycles. The predicted molar refractivity (Wildman–Crippen MR) is 91.4 cm³/mol. The van der Waals surface area contributed by atoms with Gasteiger partial charge in [-0.15, -0.1) is 0 Å². The highest BCUT2D eigenvalue weighted by molar-refractivity contribution is 5.91. The molecule has 23 heavy (non-hydrogen) atoms. The molecule has 0 amide bonds. The lowest BCUT2D eigenvalue weighted by atomic mass is 9.75. The number of nitrogens with one attached hydrogen (secondary N) is 1. The maximum absolute atomic E-state index is 12.7. The number of Topliss-reactive ketones (excluding diaryl/α,β-unsaturated/α-hetero) is 1. The Balaban J connectivity index is 1.89.